The molecule has 1 aliphatic heterocycles. The van der Waals surface area contributed by atoms with Crippen LogP contribution in [0.3, 0.4) is 0 Å². The molecule has 0 bridgehead atoms. The largest absolute Gasteiger partial charge is 0.484 e. The Labute approximate surface area is 150 Å². The second-order valence-corrected chi connectivity index (χ2v) is 7.20. The van der Waals surface area contributed by atoms with Crippen LogP contribution < -0.4 is 4.74 Å². The summed E-state index contributed by atoms with van der Waals surface area (Å²) in [6.07, 6.45) is 5.10. The normalized spacial score (nSPS) is 15.1. The van der Waals surface area contributed by atoms with Gasteiger partial charge in [0, 0.05) is 4.88 Å². The van der Waals surface area contributed by atoms with E-state index in [2.05, 4.69) is 22.4 Å². The minimum absolute atomic E-state index is 0.0154. The minimum Gasteiger partial charge on any atom is -0.484 e. The molecule has 6 heteroatoms. The molecule has 0 fully saturated rings. The van der Waals surface area contributed by atoms with Crippen LogP contribution in [-0.2, 0) is 24.2 Å². The molecule has 0 saturated heterocycles. The summed E-state index contributed by atoms with van der Waals surface area (Å²) in [6, 6.07) is 10.2. The van der Waals surface area contributed by atoms with Crippen molar-refractivity contribution in [1.29, 1.82) is 0 Å². The van der Waals surface area contributed by atoms with Gasteiger partial charge in [-0.1, -0.05) is 12.1 Å². The molecule has 128 valence electrons. The van der Waals surface area contributed by atoms with E-state index < -0.39 is 0 Å². The smallest absolute Gasteiger partial charge is 0.265 e. The van der Waals surface area contributed by atoms with Crippen molar-refractivity contribution in [3.63, 3.8) is 0 Å². The maximum absolute atomic E-state index is 12.7. The first kappa shape index (κ1) is 16.0. The van der Waals surface area contributed by atoms with Gasteiger partial charge in [0.15, 0.2) is 6.61 Å². The monoisotopic (exact) mass is 353 g/mol. The minimum atomic E-state index is -0.0764. The third-order valence-corrected chi connectivity index (χ3v) is 5.36. The number of aryl methyl sites for hydroxylation is 2. The molecule has 0 N–H and O–H groups in total. The van der Waals surface area contributed by atoms with Crippen LogP contribution in [0.4, 0.5) is 0 Å². The van der Waals surface area contributed by atoms with E-state index >= 15 is 0 Å². The number of nitrogens with zero attached hydrogens (tertiary/aromatic N) is 3. The Kier molecular flexibility index (Phi) is 4.61. The Morgan fingerprint density at radius 1 is 1.24 bits per heavy atom. The first-order valence-corrected chi connectivity index (χ1v) is 9.30. The Morgan fingerprint density at radius 2 is 2.16 bits per heavy atom. The number of ether oxygens (including phenoxy) is 1. The molecule has 5 nitrogen and oxygen atoms in total. The van der Waals surface area contributed by atoms with Gasteiger partial charge < -0.3 is 9.64 Å². The molecule has 0 radical (unpaired) electrons. The number of carbonyl (C=O) groups excluding carboxylic acids is 1. The number of carbonyl (C=O) groups is 1. The average Bonchev–Trinajstić information content (AvgIpc) is 3.39. The van der Waals surface area contributed by atoms with E-state index in [0.29, 0.717) is 13.1 Å². The fourth-order valence-electron chi connectivity index (χ4n) is 3.19. The van der Waals surface area contributed by atoms with Gasteiger partial charge in [0.2, 0.25) is 0 Å². The van der Waals surface area contributed by atoms with Crippen LogP contribution in [0, 0.1) is 0 Å². The molecule has 4 rings (SSSR count). The molecule has 1 amide bonds. The zero-order valence-electron chi connectivity index (χ0n) is 13.9. The van der Waals surface area contributed by atoms with E-state index in [1.54, 1.807) is 22.4 Å². The van der Waals surface area contributed by atoms with Gasteiger partial charge in [-0.3, -0.25) is 4.79 Å². The fraction of sp³-hybridized carbons (Fsp3) is 0.316. The van der Waals surface area contributed by atoms with E-state index in [1.165, 1.54) is 17.5 Å². The zero-order valence-corrected chi connectivity index (χ0v) is 14.7. The second kappa shape index (κ2) is 7.19. The number of benzene rings is 1. The second-order valence-electron chi connectivity index (χ2n) is 6.17. The summed E-state index contributed by atoms with van der Waals surface area (Å²) < 4.78 is 5.78. The zero-order chi connectivity index (χ0) is 17.1. The van der Waals surface area contributed by atoms with Crippen LogP contribution in [0.1, 0.15) is 22.4 Å². The van der Waals surface area contributed by atoms with Gasteiger partial charge in [-0.25, -0.2) is 0 Å². The topological polar surface area (TPSA) is 54.3 Å². The predicted octanol–water partition coefficient (Wildman–Crippen LogP) is 3.95. The standard InChI is InChI=1S/C19H19N3O2S/c23-19(13-24-17-7-6-14-3-1-4-15(14)9-17)22(16-10-20-21-11-16)12-18-5-2-8-25-18/h2,5-10H,1,3-4,11-13H2. The van der Waals surface area contributed by atoms with E-state index in [-0.39, 0.29) is 12.5 Å². The predicted molar refractivity (Wildman–Crippen MR) is 96.6 cm³/mol. The molecule has 0 spiro atoms. The van der Waals surface area contributed by atoms with Crippen molar-refractivity contribution >= 4 is 17.2 Å². The van der Waals surface area contributed by atoms with Crippen molar-refractivity contribution < 1.29 is 9.53 Å². The SMILES string of the molecule is O=C(COc1ccc2c(c1)CCC2)N(Cc1cccs1)C1=CN=NC1. The molecule has 1 aromatic carbocycles. The molecule has 25 heavy (non-hydrogen) atoms. The quantitative estimate of drug-likeness (QED) is 0.789. The van der Waals surface area contributed by atoms with Crippen LogP contribution in [0.25, 0.3) is 0 Å². The number of amides is 1. The summed E-state index contributed by atoms with van der Waals surface area (Å²) in [5, 5.41) is 9.85. The van der Waals surface area contributed by atoms with Gasteiger partial charge in [0.25, 0.3) is 5.91 Å². The Morgan fingerprint density at radius 3 is 2.96 bits per heavy atom. The molecule has 1 aromatic heterocycles. The highest BCUT2D eigenvalue weighted by Crippen LogP contribution is 2.26. The summed E-state index contributed by atoms with van der Waals surface area (Å²) in [4.78, 5) is 15.6. The molecular formula is C19H19N3O2S. The van der Waals surface area contributed by atoms with Crippen molar-refractivity contribution in [2.24, 2.45) is 10.2 Å². The van der Waals surface area contributed by atoms with E-state index in [1.807, 2.05) is 23.6 Å². The third kappa shape index (κ3) is 3.64. The number of hydrogen-bond donors (Lipinski definition) is 0. The lowest BCUT2D eigenvalue weighted by Gasteiger charge is -2.22. The maximum atomic E-state index is 12.7. The van der Waals surface area contributed by atoms with Crippen LogP contribution in [0.5, 0.6) is 5.75 Å². The van der Waals surface area contributed by atoms with Gasteiger partial charge in [-0.2, -0.15) is 10.2 Å². The number of thiophene rings is 1. The average molecular weight is 353 g/mol. The van der Waals surface area contributed by atoms with E-state index in [4.69, 9.17) is 4.74 Å². The fourth-order valence-corrected chi connectivity index (χ4v) is 3.88. The number of fused-ring (bicyclic) bond motifs is 1. The highest BCUT2D eigenvalue weighted by Gasteiger charge is 2.21. The number of azo groups is 1. The van der Waals surface area contributed by atoms with Crippen molar-refractivity contribution in [1.82, 2.24) is 4.90 Å². The van der Waals surface area contributed by atoms with Crippen molar-refractivity contribution in [2.75, 3.05) is 13.2 Å². The summed E-state index contributed by atoms with van der Waals surface area (Å²) in [5.74, 6) is 0.687. The Hall–Kier alpha value is -2.47. The molecular weight excluding hydrogens is 334 g/mol. The third-order valence-electron chi connectivity index (χ3n) is 4.50. The van der Waals surface area contributed by atoms with Crippen molar-refractivity contribution in [3.05, 3.63) is 63.6 Å². The molecule has 2 aliphatic rings. The Balaban J connectivity index is 1.43. The number of rotatable bonds is 6. The molecule has 2 heterocycles. The van der Waals surface area contributed by atoms with Crippen LogP contribution in [0.2, 0.25) is 0 Å². The van der Waals surface area contributed by atoms with Crippen LogP contribution >= 0.6 is 11.3 Å². The molecule has 2 aromatic rings. The van der Waals surface area contributed by atoms with Gasteiger partial charge in [0.1, 0.15) is 12.3 Å². The lowest BCUT2D eigenvalue weighted by molar-refractivity contribution is -0.131. The lowest BCUT2D eigenvalue weighted by atomic mass is 10.1. The highest BCUT2D eigenvalue weighted by molar-refractivity contribution is 7.09. The maximum Gasteiger partial charge on any atom is 0.265 e. The lowest BCUT2D eigenvalue weighted by Crippen LogP contribution is -2.34. The molecule has 0 saturated carbocycles. The van der Waals surface area contributed by atoms with Gasteiger partial charge >= 0.3 is 0 Å². The summed E-state index contributed by atoms with van der Waals surface area (Å²) in [7, 11) is 0. The summed E-state index contributed by atoms with van der Waals surface area (Å²) in [5.41, 5.74) is 3.56. The van der Waals surface area contributed by atoms with Crippen LogP contribution in [-0.4, -0.2) is 24.0 Å². The molecule has 1 aliphatic carbocycles. The summed E-state index contributed by atoms with van der Waals surface area (Å²) in [6.45, 7) is 0.985. The number of hydrogen-bond acceptors (Lipinski definition) is 5. The first-order chi connectivity index (χ1) is 12.3. The van der Waals surface area contributed by atoms with Gasteiger partial charge in [0.05, 0.1) is 18.4 Å². The van der Waals surface area contributed by atoms with Crippen molar-refractivity contribution in [3.8, 4) is 5.75 Å². The Bertz CT molecular complexity index is 827. The van der Waals surface area contributed by atoms with Crippen molar-refractivity contribution in [2.45, 2.75) is 25.8 Å². The highest BCUT2D eigenvalue weighted by atomic mass is 32.1. The first-order valence-electron chi connectivity index (χ1n) is 8.42. The molecule has 0 unspecified atom stereocenters. The van der Waals surface area contributed by atoms with E-state index in [0.717, 1.165) is 29.2 Å². The van der Waals surface area contributed by atoms with E-state index in [9.17, 15) is 4.79 Å². The summed E-state index contributed by atoms with van der Waals surface area (Å²) >= 11 is 1.63. The van der Waals surface area contributed by atoms with Gasteiger partial charge in [-0.15, -0.1) is 11.3 Å². The molecule has 0 atom stereocenters. The van der Waals surface area contributed by atoms with Gasteiger partial charge in [-0.05, 0) is 54.0 Å². The van der Waals surface area contributed by atoms with Crippen LogP contribution in [0.15, 0.2) is 57.8 Å².